The molecule has 7 heteroatoms. The van der Waals surface area contributed by atoms with Crippen molar-refractivity contribution in [3.8, 4) is 0 Å². The summed E-state index contributed by atoms with van der Waals surface area (Å²) in [6.45, 7) is 3.49. The molecule has 0 unspecified atom stereocenters. The number of oxime groups is 1. The molecule has 0 aliphatic carbocycles. The van der Waals surface area contributed by atoms with Gasteiger partial charge in [0.15, 0.2) is 0 Å². The molecule has 0 heterocycles. The summed E-state index contributed by atoms with van der Waals surface area (Å²) in [6.07, 6.45) is -0.645. The number of rotatable bonds is 4. The number of ketones is 1. The van der Waals surface area contributed by atoms with Crippen molar-refractivity contribution < 1.29 is 19.2 Å². The van der Waals surface area contributed by atoms with Gasteiger partial charge in [0.05, 0.1) is 13.2 Å². The second-order valence-electron chi connectivity index (χ2n) is 3.00. The monoisotopic (exact) mass is 231 g/mol. The number of hydrogen-bond acceptors (Lipinski definition) is 5. The van der Waals surface area contributed by atoms with E-state index in [4.69, 9.17) is 0 Å². The highest BCUT2D eigenvalue weighted by atomic mass is 16.6. The zero-order chi connectivity index (χ0) is 12.6. The van der Waals surface area contributed by atoms with Crippen LogP contribution in [0.15, 0.2) is 5.16 Å². The van der Waals surface area contributed by atoms with Crippen molar-refractivity contribution in [1.82, 2.24) is 10.2 Å². The predicted octanol–water partition coefficient (Wildman–Crippen LogP) is 0.171. The third-order valence-corrected chi connectivity index (χ3v) is 1.49. The third-order valence-electron chi connectivity index (χ3n) is 1.49. The van der Waals surface area contributed by atoms with Crippen LogP contribution in [0.1, 0.15) is 13.8 Å². The van der Waals surface area contributed by atoms with Gasteiger partial charge in [-0.3, -0.25) is 10.1 Å². The summed E-state index contributed by atoms with van der Waals surface area (Å²) in [5.74, 6) is 0.0631. The molecule has 0 spiro atoms. The molecule has 0 atom stereocenters. The first kappa shape index (κ1) is 14.2. The molecule has 0 aliphatic rings. The van der Waals surface area contributed by atoms with Gasteiger partial charge in [-0.05, 0) is 19.0 Å². The Bertz CT molecular complexity index is 278. The molecule has 7 nitrogen and oxygen atoms in total. The van der Waals surface area contributed by atoms with E-state index >= 15 is 0 Å². The van der Waals surface area contributed by atoms with Crippen LogP contribution in [0.2, 0.25) is 0 Å². The number of carbonyl (C=O) groups is 2. The minimum absolute atomic E-state index is 0.0584. The van der Waals surface area contributed by atoms with Crippen LogP contribution in [0.25, 0.3) is 0 Å². The maximum absolute atomic E-state index is 11.1. The van der Waals surface area contributed by atoms with Crippen molar-refractivity contribution in [3.05, 3.63) is 0 Å². The second kappa shape index (κ2) is 7.49. The maximum atomic E-state index is 11.1. The first-order chi connectivity index (χ1) is 7.51. The predicted molar refractivity (Wildman–Crippen MR) is 57.9 cm³/mol. The van der Waals surface area contributed by atoms with E-state index in [2.05, 4.69) is 20.0 Å². The first-order valence-corrected chi connectivity index (χ1v) is 4.76. The minimum atomic E-state index is -0.645. The van der Waals surface area contributed by atoms with Crippen LogP contribution in [-0.2, 0) is 14.4 Å². The number of guanidine groups is 1. The smallest absolute Gasteiger partial charge is 0.414 e. The Morgan fingerprint density at radius 2 is 2.06 bits per heavy atom. The van der Waals surface area contributed by atoms with Crippen LogP contribution in [0.5, 0.6) is 0 Å². The van der Waals surface area contributed by atoms with Crippen molar-refractivity contribution in [2.24, 2.45) is 5.16 Å². The van der Waals surface area contributed by atoms with Crippen molar-refractivity contribution in [2.75, 3.05) is 27.3 Å². The van der Waals surface area contributed by atoms with Crippen LogP contribution in [0.4, 0.5) is 4.79 Å². The SMILES string of the molecule is CCOC(=O)N/C(=N\OC)N(C)CC(C)=O. The zero-order valence-corrected chi connectivity index (χ0v) is 9.94. The van der Waals surface area contributed by atoms with E-state index < -0.39 is 6.09 Å². The molecule has 0 aromatic carbocycles. The third kappa shape index (κ3) is 5.84. The Kier molecular flexibility index (Phi) is 6.66. The number of Topliss-reactive ketones (excluding diaryl/α,β-unsaturated/α-hetero) is 1. The summed E-state index contributed by atoms with van der Waals surface area (Å²) < 4.78 is 4.68. The second-order valence-corrected chi connectivity index (χ2v) is 3.00. The molecular formula is C9H17N3O4. The fourth-order valence-corrected chi connectivity index (χ4v) is 0.942. The topological polar surface area (TPSA) is 80.2 Å². The summed E-state index contributed by atoms with van der Waals surface area (Å²) in [5.41, 5.74) is 0. The lowest BCUT2D eigenvalue weighted by Gasteiger charge is -2.18. The lowest BCUT2D eigenvalue weighted by molar-refractivity contribution is -0.117. The largest absolute Gasteiger partial charge is 0.450 e. The molecule has 1 amide bonds. The summed E-state index contributed by atoms with van der Waals surface area (Å²) >= 11 is 0. The van der Waals surface area contributed by atoms with Gasteiger partial charge in [0.1, 0.15) is 12.9 Å². The number of alkyl carbamates (subject to hydrolysis) is 1. The number of likely N-dealkylation sites (N-methyl/N-ethyl adjacent to an activating group) is 1. The van der Waals surface area contributed by atoms with Crippen molar-refractivity contribution in [2.45, 2.75) is 13.8 Å². The lowest BCUT2D eigenvalue weighted by Crippen LogP contribution is -2.44. The summed E-state index contributed by atoms with van der Waals surface area (Å²) in [7, 11) is 2.94. The minimum Gasteiger partial charge on any atom is -0.450 e. The van der Waals surface area contributed by atoms with E-state index in [1.807, 2.05) is 0 Å². The molecular weight excluding hydrogens is 214 g/mol. The fourth-order valence-electron chi connectivity index (χ4n) is 0.942. The molecule has 0 aromatic rings. The van der Waals surface area contributed by atoms with E-state index in [1.54, 1.807) is 14.0 Å². The van der Waals surface area contributed by atoms with E-state index in [-0.39, 0.29) is 24.9 Å². The Hall–Kier alpha value is -1.79. The van der Waals surface area contributed by atoms with E-state index in [9.17, 15) is 9.59 Å². The number of nitrogens with one attached hydrogen (secondary N) is 1. The van der Waals surface area contributed by atoms with E-state index in [0.717, 1.165) is 0 Å². The first-order valence-electron chi connectivity index (χ1n) is 4.76. The number of nitrogens with zero attached hydrogens (tertiary/aromatic N) is 2. The average Bonchev–Trinajstić information content (AvgIpc) is 2.16. The molecule has 0 saturated carbocycles. The molecule has 0 radical (unpaired) electrons. The van der Waals surface area contributed by atoms with E-state index in [0.29, 0.717) is 0 Å². The van der Waals surface area contributed by atoms with Crippen LogP contribution >= 0.6 is 0 Å². The van der Waals surface area contributed by atoms with Crippen LogP contribution in [0, 0.1) is 0 Å². The van der Waals surface area contributed by atoms with E-state index in [1.165, 1.54) is 18.9 Å². The van der Waals surface area contributed by atoms with Gasteiger partial charge in [0.25, 0.3) is 0 Å². The zero-order valence-electron chi connectivity index (χ0n) is 9.94. The van der Waals surface area contributed by atoms with Crippen molar-refractivity contribution in [1.29, 1.82) is 0 Å². The van der Waals surface area contributed by atoms with Crippen LogP contribution in [0.3, 0.4) is 0 Å². The molecule has 92 valence electrons. The van der Waals surface area contributed by atoms with Gasteiger partial charge in [-0.25, -0.2) is 4.79 Å². The van der Waals surface area contributed by atoms with Crippen molar-refractivity contribution in [3.63, 3.8) is 0 Å². The van der Waals surface area contributed by atoms with Gasteiger partial charge in [-0.2, -0.15) is 0 Å². The Morgan fingerprint density at radius 3 is 2.50 bits per heavy atom. The number of ether oxygens (including phenoxy) is 1. The summed E-state index contributed by atoms with van der Waals surface area (Å²) in [5, 5.41) is 5.94. The van der Waals surface area contributed by atoms with Crippen LogP contribution < -0.4 is 5.32 Å². The standard InChI is InChI=1S/C9H17N3O4/c1-5-16-9(14)10-8(11-15-4)12(3)6-7(2)13/h5-6H2,1-4H3,(H,10,11,14). The summed E-state index contributed by atoms with van der Waals surface area (Å²) in [6, 6.07) is 0. The lowest BCUT2D eigenvalue weighted by atomic mass is 10.4. The van der Waals surface area contributed by atoms with Gasteiger partial charge in [0, 0.05) is 7.05 Å². The van der Waals surface area contributed by atoms with Crippen molar-refractivity contribution >= 4 is 17.8 Å². The number of amides is 1. The van der Waals surface area contributed by atoms with Gasteiger partial charge in [-0.15, -0.1) is 0 Å². The maximum Gasteiger partial charge on any atom is 0.414 e. The molecule has 0 fully saturated rings. The summed E-state index contributed by atoms with van der Waals surface area (Å²) in [4.78, 5) is 28.0. The fraction of sp³-hybridized carbons (Fsp3) is 0.667. The molecule has 0 aromatic heterocycles. The highest BCUT2D eigenvalue weighted by Gasteiger charge is 2.13. The average molecular weight is 231 g/mol. The number of carbonyl (C=O) groups excluding carboxylic acids is 2. The molecule has 0 aliphatic heterocycles. The Morgan fingerprint density at radius 1 is 1.44 bits per heavy atom. The quantitative estimate of drug-likeness (QED) is 0.424. The normalized spacial score (nSPS) is 10.6. The number of hydrogen-bond donors (Lipinski definition) is 1. The molecule has 1 N–H and O–H groups in total. The molecule has 0 rings (SSSR count). The van der Waals surface area contributed by atoms with Gasteiger partial charge >= 0.3 is 6.09 Å². The highest BCUT2D eigenvalue weighted by Crippen LogP contribution is 1.89. The Balaban J connectivity index is 4.43. The van der Waals surface area contributed by atoms with Gasteiger partial charge in [-0.1, -0.05) is 0 Å². The Labute approximate surface area is 94.4 Å². The van der Waals surface area contributed by atoms with Crippen LogP contribution in [-0.4, -0.2) is 50.0 Å². The molecule has 0 bridgehead atoms. The van der Waals surface area contributed by atoms with Gasteiger partial charge < -0.3 is 14.5 Å². The molecule has 16 heavy (non-hydrogen) atoms. The highest BCUT2D eigenvalue weighted by molar-refractivity contribution is 5.95. The van der Waals surface area contributed by atoms with Gasteiger partial charge in [0.2, 0.25) is 5.96 Å². The molecule has 0 saturated heterocycles.